The van der Waals surface area contributed by atoms with E-state index in [0.717, 1.165) is 40.4 Å². The number of nitrogens with zero attached hydrogens (tertiary/aromatic N) is 4. The van der Waals surface area contributed by atoms with Crippen LogP contribution in [-0.2, 0) is 17.8 Å². The van der Waals surface area contributed by atoms with Gasteiger partial charge in [0.25, 0.3) is 0 Å². The molecule has 0 aliphatic heterocycles. The molecule has 1 aromatic heterocycles. The summed E-state index contributed by atoms with van der Waals surface area (Å²) in [6, 6.07) is 23.4. The molecule has 202 valence electrons. The maximum absolute atomic E-state index is 12.6. The number of para-hydroxylation sites is 1. The molecular formula is C29H30N4O6. The average Bonchev–Trinajstić information content (AvgIpc) is 3.32. The lowest BCUT2D eigenvalue weighted by molar-refractivity contribution is -0.138. The van der Waals surface area contributed by atoms with Gasteiger partial charge in [-0.25, -0.2) is 4.79 Å². The van der Waals surface area contributed by atoms with Crippen LogP contribution in [0.1, 0.15) is 23.4 Å². The molecule has 0 saturated carbocycles. The zero-order valence-electron chi connectivity index (χ0n) is 21.8. The fraction of sp³-hybridized carbons (Fsp3) is 0.241. The number of amides is 1. The summed E-state index contributed by atoms with van der Waals surface area (Å²) >= 11 is 0. The molecule has 10 nitrogen and oxygen atoms in total. The average molecular weight is 531 g/mol. The summed E-state index contributed by atoms with van der Waals surface area (Å²) in [4.78, 5) is 26.7. The van der Waals surface area contributed by atoms with E-state index in [9.17, 15) is 14.7 Å². The zero-order chi connectivity index (χ0) is 27.6. The Labute approximate surface area is 226 Å². The van der Waals surface area contributed by atoms with Crippen molar-refractivity contribution < 1.29 is 28.9 Å². The molecule has 10 heteroatoms. The minimum Gasteiger partial charge on any atom is -0.497 e. The first kappa shape index (κ1) is 27.2. The third-order valence-electron chi connectivity index (χ3n) is 5.84. The number of hydrogen-bond donors (Lipinski definition) is 1. The predicted molar refractivity (Wildman–Crippen MR) is 143 cm³/mol. The number of benzene rings is 3. The summed E-state index contributed by atoms with van der Waals surface area (Å²) < 4.78 is 16.3. The van der Waals surface area contributed by atoms with Crippen LogP contribution >= 0.6 is 0 Å². The number of ether oxygens (including phenoxy) is 3. The normalized spacial score (nSPS) is 10.6. The van der Waals surface area contributed by atoms with Crippen LogP contribution in [0.25, 0.3) is 5.69 Å². The van der Waals surface area contributed by atoms with Crippen molar-refractivity contribution in [1.29, 1.82) is 0 Å². The number of aliphatic carboxylic acids is 1. The number of carbonyl (C=O) groups is 2. The summed E-state index contributed by atoms with van der Waals surface area (Å²) in [5.74, 6) is 0.442. The first-order valence-electron chi connectivity index (χ1n) is 12.4. The Hall–Kier alpha value is -4.86. The molecule has 4 aromatic rings. The Morgan fingerprint density at radius 2 is 1.56 bits per heavy atom. The molecule has 1 heterocycles. The number of carbonyl (C=O) groups excluding carboxylic acids is 1. The van der Waals surface area contributed by atoms with Gasteiger partial charge in [0.05, 0.1) is 30.8 Å². The molecule has 0 atom stereocenters. The number of aryl methyl sites for hydroxylation is 2. The largest absolute Gasteiger partial charge is 0.497 e. The Morgan fingerprint density at radius 1 is 0.897 bits per heavy atom. The number of carboxylic acid groups (broad SMARTS) is 1. The van der Waals surface area contributed by atoms with Gasteiger partial charge < -0.3 is 19.3 Å². The first-order valence-corrected chi connectivity index (χ1v) is 12.4. The Bertz CT molecular complexity index is 1370. The lowest BCUT2D eigenvalue weighted by Gasteiger charge is -2.20. The lowest BCUT2D eigenvalue weighted by Crippen LogP contribution is -2.37. The van der Waals surface area contributed by atoms with E-state index in [-0.39, 0.29) is 12.3 Å². The smallest absolute Gasteiger partial charge is 0.416 e. The van der Waals surface area contributed by atoms with Gasteiger partial charge in [-0.1, -0.05) is 30.3 Å². The van der Waals surface area contributed by atoms with E-state index in [1.54, 1.807) is 53.3 Å². The number of hydrogen-bond acceptors (Lipinski definition) is 7. The first-order chi connectivity index (χ1) is 18.9. The van der Waals surface area contributed by atoms with E-state index in [1.807, 2.05) is 37.3 Å². The van der Waals surface area contributed by atoms with Crippen molar-refractivity contribution in [3.63, 3.8) is 0 Å². The van der Waals surface area contributed by atoms with E-state index in [1.165, 1.54) is 7.11 Å². The van der Waals surface area contributed by atoms with Gasteiger partial charge in [-0.15, -0.1) is 0 Å². The van der Waals surface area contributed by atoms with E-state index >= 15 is 0 Å². The van der Waals surface area contributed by atoms with Crippen LogP contribution in [0, 0.1) is 6.92 Å². The molecule has 0 aliphatic rings. The van der Waals surface area contributed by atoms with Crippen LogP contribution in [0.4, 0.5) is 4.79 Å². The topological polar surface area (TPSA) is 116 Å². The van der Waals surface area contributed by atoms with Crippen LogP contribution in [-0.4, -0.2) is 57.3 Å². The molecule has 0 bridgehead atoms. The van der Waals surface area contributed by atoms with Crippen molar-refractivity contribution in [1.82, 2.24) is 19.9 Å². The second kappa shape index (κ2) is 13.1. The van der Waals surface area contributed by atoms with Gasteiger partial charge >= 0.3 is 12.1 Å². The highest BCUT2D eigenvalue weighted by molar-refractivity contribution is 5.78. The van der Waals surface area contributed by atoms with Crippen molar-refractivity contribution in [2.24, 2.45) is 0 Å². The van der Waals surface area contributed by atoms with Crippen molar-refractivity contribution >= 4 is 12.1 Å². The highest BCUT2D eigenvalue weighted by Gasteiger charge is 2.20. The van der Waals surface area contributed by atoms with Gasteiger partial charge in [0, 0.05) is 6.54 Å². The molecular weight excluding hydrogens is 500 g/mol. The van der Waals surface area contributed by atoms with Crippen LogP contribution < -0.4 is 14.2 Å². The van der Waals surface area contributed by atoms with E-state index < -0.39 is 18.6 Å². The predicted octanol–water partition coefficient (Wildman–Crippen LogP) is 4.68. The van der Waals surface area contributed by atoms with Gasteiger partial charge in [-0.05, 0) is 73.9 Å². The number of rotatable bonds is 12. The molecule has 1 amide bonds. The van der Waals surface area contributed by atoms with Crippen LogP contribution in [0.2, 0.25) is 0 Å². The molecule has 0 spiro atoms. The summed E-state index contributed by atoms with van der Waals surface area (Å²) in [6.07, 6.45) is 0.735. The lowest BCUT2D eigenvalue weighted by atomic mass is 10.2. The Balaban J connectivity index is 1.27. The zero-order valence-corrected chi connectivity index (χ0v) is 21.8. The van der Waals surface area contributed by atoms with Crippen LogP contribution in [0.3, 0.4) is 0 Å². The second-order valence-electron chi connectivity index (χ2n) is 8.75. The third-order valence-corrected chi connectivity index (χ3v) is 5.84. The van der Waals surface area contributed by atoms with Crippen molar-refractivity contribution in [2.75, 3.05) is 20.3 Å². The molecule has 0 fully saturated rings. The fourth-order valence-electron chi connectivity index (χ4n) is 3.82. The van der Waals surface area contributed by atoms with Gasteiger partial charge in [-0.2, -0.15) is 15.0 Å². The van der Waals surface area contributed by atoms with Crippen molar-refractivity contribution in [3.05, 3.63) is 95.8 Å². The van der Waals surface area contributed by atoms with Crippen LogP contribution in [0.15, 0.2) is 78.9 Å². The third kappa shape index (κ3) is 7.81. The minimum absolute atomic E-state index is 0.0674. The van der Waals surface area contributed by atoms with Gasteiger partial charge in [-0.3, -0.25) is 9.69 Å². The highest BCUT2D eigenvalue weighted by Crippen LogP contribution is 2.19. The monoisotopic (exact) mass is 530 g/mol. The fourth-order valence-corrected chi connectivity index (χ4v) is 3.82. The number of carboxylic acids is 1. The molecule has 1 N–H and O–H groups in total. The van der Waals surface area contributed by atoms with Crippen LogP contribution in [0.5, 0.6) is 17.2 Å². The summed E-state index contributed by atoms with van der Waals surface area (Å²) in [7, 11) is 1.54. The molecule has 3 aromatic carbocycles. The minimum atomic E-state index is -1.14. The molecule has 0 saturated heterocycles. The number of methoxy groups -OCH3 is 1. The molecule has 0 aliphatic carbocycles. The van der Waals surface area contributed by atoms with E-state index in [4.69, 9.17) is 14.2 Å². The van der Waals surface area contributed by atoms with Crippen molar-refractivity contribution in [3.8, 4) is 22.9 Å². The summed E-state index contributed by atoms with van der Waals surface area (Å²) in [5, 5.41) is 18.4. The Morgan fingerprint density at radius 3 is 2.23 bits per heavy atom. The molecule has 4 rings (SSSR count). The van der Waals surface area contributed by atoms with Gasteiger partial charge in [0.15, 0.2) is 0 Å². The SMILES string of the molecule is COc1ccc(OC(=O)N(CC(=O)O)Cc2ccc(OCCCc3nn(-c4ccccc4)nc3C)cc2)cc1. The summed E-state index contributed by atoms with van der Waals surface area (Å²) in [6.45, 7) is 2.01. The van der Waals surface area contributed by atoms with Gasteiger partial charge in [0.1, 0.15) is 23.8 Å². The Kier molecular flexibility index (Phi) is 9.12. The maximum Gasteiger partial charge on any atom is 0.416 e. The van der Waals surface area contributed by atoms with E-state index in [0.29, 0.717) is 18.1 Å². The molecule has 0 radical (unpaired) electrons. The quantitative estimate of drug-likeness (QED) is 0.263. The second-order valence-corrected chi connectivity index (χ2v) is 8.75. The van der Waals surface area contributed by atoms with E-state index in [2.05, 4.69) is 10.2 Å². The standard InChI is InChI=1S/C29H30N4O6/c1-21-27(31-33(30-21)23-7-4-3-5-8-23)9-6-18-38-25-12-10-22(11-13-25)19-32(20-28(34)35)29(36)39-26-16-14-24(37-2)15-17-26/h3-5,7-8,10-17H,6,9,18-20H2,1-2H3,(H,34,35). The summed E-state index contributed by atoms with van der Waals surface area (Å²) in [5.41, 5.74) is 3.47. The highest BCUT2D eigenvalue weighted by atomic mass is 16.6. The molecule has 0 unspecified atom stereocenters. The number of aromatic nitrogens is 3. The molecule has 39 heavy (non-hydrogen) atoms. The maximum atomic E-state index is 12.6. The van der Waals surface area contributed by atoms with Gasteiger partial charge in [0.2, 0.25) is 0 Å². The van der Waals surface area contributed by atoms with Crippen molar-refractivity contribution in [2.45, 2.75) is 26.3 Å².